The quantitative estimate of drug-likeness (QED) is 0.875. The van der Waals surface area contributed by atoms with Crippen molar-refractivity contribution < 1.29 is 13.2 Å². The van der Waals surface area contributed by atoms with E-state index in [9.17, 15) is 13.2 Å². The molecule has 0 saturated carbocycles. The highest BCUT2D eigenvalue weighted by atomic mass is 32.1. The number of benzene rings is 1. The van der Waals surface area contributed by atoms with Crippen LogP contribution in [-0.4, -0.2) is 31.1 Å². The lowest BCUT2D eigenvalue weighted by molar-refractivity contribution is -0.137. The lowest BCUT2D eigenvalue weighted by Gasteiger charge is -2.30. The Balaban J connectivity index is 1.94. The monoisotopic (exact) mass is 354 g/mol. The molecule has 1 unspecified atom stereocenters. The van der Waals surface area contributed by atoms with E-state index in [-0.39, 0.29) is 6.04 Å². The van der Waals surface area contributed by atoms with Gasteiger partial charge in [0.2, 0.25) is 0 Å². The fraction of sp³-hybridized carbons (Fsp3) is 0.444. The van der Waals surface area contributed by atoms with Crippen molar-refractivity contribution in [1.29, 1.82) is 0 Å². The van der Waals surface area contributed by atoms with E-state index >= 15 is 0 Å². The second-order valence-electron chi connectivity index (χ2n) is 6.11. The number of rotatable bonds is 3. The predicted octanol–water partition coefficient (Wildman–Crippen LogP) is 4.46. The first-order valence-electron chi connectivity index (χ1n) is 8.13. The van der Waals surface area contributed by atoms with Crippen molar-refractivity contribution >= 4 is 11.3 Å². The van der Waals surface area contributed by atoms with E-state index in [1.807, 2.05) is 0 Å². The van der Waals surface area contributed by atoms with Crippen LogP contribution in [0.2, 0.25) is 0 Å². The predicted molar refractivity (Wildman–Crippen MR) is 91.4 cm³/mol. The summed E-state index contributed by atoms with van der Waals surface area (Å²) < 4.78 is 38.5. The maximum Gasteiger partial charge on any atom is 0.416 e. The first kappa shape index (κ1) is 17.5. The van der Waals surface area contributed by atoms with Crippen molar-refractivity contribution in [2.24, 2.45) is 0 Å². The summed E-state index contributed by atoms with van der Waals surface area (Å²) in [5.74, 6) is 0. The second-order valence-corrected chi connectivity index (χ2v) is 7.43. The van der Waals surface area contributed by atoms with Crippen molar-refractivity contribution in [1.82, 2.24) is 10.2 Å². The Hall–Kier alpha value is -1.37. The molecule has 1 atom stereocenters. The van der Waals surface area contributed by atoms with Gasteiger partial charge in [-0.3, -0.25) is 4.90 Å². The van der Waals surface area contributed by atoms with Crippen LogP contribution in [0.3, 0.4) is 0 Å². The largest absolute Gasteiger partial charge is 0.416 e. The number of nitrogens with one attached hydrogen (secondary N) is 1. The second kappa shape index (κ2) is 7.25. The van der Waals surface area contributed by atoms with Crippen LogP contribution in [0.4, 0.5) is 13.2 Å². The van der Waals surface area contributed by atoms with E-state index in [0.29, 0.717) is 0 Å². The highest BCUT2D eigenvalue weighted by molar-refractivity contribution is 7.12. The smallest absolute Gasteiger partial charge is 0.315 e. The zero-order valence-corrected chi connectivity index (χ0v) is 14.4. The first-order chi connectivity index (χ1) is 11.4. The Morgan fingerprint density at radius 3 is 2.42 bits per heavy atom. The van der Waals surface area contributed by atoms with Gasteiger partial charge in [0.15, 0.2) is 0 Å². The molecule has 2 nitrogen and oxygen atoms in total. The Morgan fingerprint density at radius 1 is 1.04 bits per heavy atom. The van der Waals surface area contributed by atoms with Crippen LogP contribution in [-0.2, 0) is 6.18 Å². The van der Waals surface area contributed by atoms with Gasteiger partial charge in [-0.2, -0.15) is 13.2 Å². The third-order valence-electron chi connectivity index (χ3n) is 4.32. The number of aryl methyl sites for hydroxylation is 1. The Morgan fingerprint density at radius 2 is 1.79 bits per heavy atom. The molecular weight excluding hydrogens is 333 g/mol. The van der Waals surface area contributed by atoms with Crippen molar-refractivity contribution in [3.05, 3.63) is 57.3 Å². The van der Waals surface area contributed by atoms with Crippen molar-refractivity contribution in [2.45, 2.75) is 25.6 Å². The molecule has 2 heterocycles. The fourth-order valence-corrected chi connectivity index (χ4v) is 4.18. The maximum atomic E-state index is 12.8. The molecule has 0 amide bonds. The highest BCUT2D eigenvalue weighted by Crippen LogP contribution is 2.36. The molecule has 1 saturated heterocycles. The van der Waals surface area contributed by atoms with E-state index in [2.05, 4.69) is 29.3 Å². The number of hydrogen-bond donors (Lipinski definition) is 1. The van der Waals surface area contributed by atoms with Crippen LogP contribution in [0, 0.1) is 6.92 Å². The van der Waals surface area contributed by atoms with Crippen LogP contribution in [0.15, 0.2) is 36.4 Å². The van der Waals surface area contributed by atoms with Gasteiger partial charge in [-0.1, -0.05) is 12.1 Å². The molecule has 1 N–H and O–H groups in total. The molecule has 24 heavy (non-hydrogen) atoms. The molecule has 0 bridgehead atoms. The molecule has 1 aliphatic heterocycles. The molecule has 0 spiro atoms. The standard InChI is InChI=1S/C18H21F3N2S/c1-13-3-8-16(24-13)17(23-11-2-9-22-10-12-23)14-4-6-15(7-5-14)18(19,20)21/h3-8,17,22H,2,9-12H2,1H3. The minimum absolute atomic E-state index is 0.0193. The summed E-state index contributed by atoms with van der Waals surface area (Å²) in [5.41, 5.74) is 0.330. The molecule has 130 valence electrons. The third-order valence-corrected chi connectivity index (χ3v) is 5.38. The number of alkyl halides is 3. The lowest BCUT2D eigenvalue weighted by atomic mass is 10.0. The summed E-state index contributed by atoms with van der Waals surface area (Å²) in [6, 6.07) is 9.83. The minimum atomic E-state index is -4.29. The number of nitrogens with zero attached hydrogens (tertiary/aromatic N) is 1. The van der Waals surface area contributed by atoms with Crippen LogP contribution in [0.25, 0.3) is 0 Å². The average molecular weight is 354 g/mol. The third kappa shape index (κ3) is 3.99. The molecule has 1 aromatic heterocycles. The van der Waals surface area contributed by atoms with Gasteiger partial charge >= 0.3 is 6.18 Å². The van der Waals surface area contributed by atoms with Crippen molar-refractivity contribution in [3.8, 4) is 0 Å². The Labute approximate surface area is 144 Å². The first-order valence-corrected chi connectivity index (χ1v) is 8.95. The van der Waals surface area contributed by atoms with Gasteiger partial charge in [0.25, 0.3) is 0 Å². The number of halogens is 3. The molecule has 6 heteroatoms. The fourth-order valence-electron chi connectivity index (χ4n) is 3.13. The molecule has 2 aromatic rings. The van der Waals surface area contributed by atoms with Gasteiger partial charge in [0.1, 0.15) is 0 Å². The average Bonchev–Trinajstić information content (AvgIpc) is 2.80. The molecule has 0 radical (unpaired) electrons. The Bertz CT molecular complexity index is 656. The van der Waals surface area contributed by atoms with Crippen molar-refractivity contribution in [2.75, 3.05) is 26.2 Å². The van der Waals surface area contributed by atoms with E-state index in [1.165, 1.54) is 21.9 Å². The number of hydrogen-bond acceptors (Lipinski definition) is 3. The minimum Gasteiger partial charge on any atom is -0.315 e. The molecule has 3 rings (SSSR count). The van der Waals surface area contributed by atoms with Gasteiger partial charge in [-0.15, -0.1) is 11.3 Å². The Kier molecular flexibility index (Phi) is 5.27. The van der Waals surface area contributed by atoms with Gasteiger partial charge in [-0.25, -0.2) is 0 Å². The zero-order valence-electron chi connectivity index (χ0n) is 13.6. The SMILES string of the molecule is Cc1ccc(C(c2ccc(C(F)(F)F)cc2)N2CCCNCC2)s1. The van der Waals surface area contributed by atoms with E-state index in [0.717, 1.165) is 38.2 Å². The van der Waals surface area contributed by atoms with Gasteiger partial charge in [-0.05, 0) is 49.7 Å². The van der Waals surface area contributed by atoms with Crippen LogP contribution in [0.5, 0.6) is 0 Å². The zero-order chi connectivity index (χ0) is 17.2. The molecule has 1 fully saturated rings. The van der Waals surface area contributed by atoms with Crippen LogP contribution < -0.4 is 5.32 Å². The molecule has 0 aliphatic carbocycles. The maximum absolute atomic E-state index is 12.8. The normalized spacial score (nSPS) is 18.3. The molecular formula is C18H21F3N2S. The summed E-state index contributed by atoms with van der Waals surface area (Å²) in [6.45, 7) is 5.78. The molecule has 1 aromatic carbocycles. The van der Waals surface area contributed by atoms with E-state index in [4.69, 9.17) is 0 Å². The van der Waals surface area contributed by atoms with E-state index in [1.54, 1.807) is 23.5 Å². The van der Waals surface area contributed by atoms with Crippen LogP contribution >= 0.6 is 11.3 Å². The summed E-state index contributed by atoms with van der Waals surface area (Å²) in [4.78, 5) is 4.78. The summed E-state index contributed by atoms with van der Waals surface area (Å²) >= 11 is 1.72. The van der Waals surface area contributed by atoms with Gasteiger partial charge in [0.05, 0.1) is 11.6 Å². The summed E-state index contributed by atoms with van der Waals surface area (Å²) in [6.07, 6.45) is -3.25. The highest BCUT2D eigenvalue weighted by Gasteiger charge is 2.31. The summed E-state index contributed by atoms with van der Waals surface area (Å²) in [5, 5.41) is 3.38. The van der Waals surface area contributed by atoms with Crippen LogP contribution in [0.1, 0.15) is 33.3 Å². The lowest BCUT2D eigenvalue weighted by Crippen LogP contribution is -2.32. The molecule has 1 aliphatic rings. The summed E-state index contributed by atoms with van der Waals surface area (Å²) in [7, 11) is 0. The van der Waals surface area contributed by atoms with Gasteiger partial charge < -0.3 is 5.32 Å². The topological polar surface area (TPSA) is 15.3 Å². The van der Waals surface area contributed by atoms with E-state index < -0.39 is 11.7 Å². The van der Waals surface area contributed by atoms with Gasteiger partial charge in [0, 0.05) is 29.4 Å². The van der Waals surface area contributed by atoms with Crippen molar-refractivity contribution in [3.63, 3.8) is 0 Å². The number of thiophene rings is 1.